The molecule has 112 valence electrons. The molecule has 1 saturated carbocycles. The maximum Gasteiger partial charge on any atom is 0.416 e. The van der Waals surface area contributed by atoms with E-state index >= 15 is 0 Å². The molecule has 20 heavy (non-hydrogen) atoms. The first kappa shape index (κ1) is 15.6. The molecule has 1 aromatic rings. The lowest BCUT2D eigenvalue weighted by molar-refractivity contribution is -0.137. The minimum Gasteiger partial charge on any atom is -0.492 e. The van der Waals surface area contributed by atoms with Crippen LogP contribution in [0, 0.1) is 11.8 Å². The van der Waals surface area contributed by atoms with Crippen LogP contribution < -0.4 is 10.5 Å². The van der Waals surface area contributed by atoms with Gasteiger partial charge in [0.2, 0.25) is 0 Å². The van der Waals surface area contributed by atoms with Gasteiger partial charge in [0.1, 0.15) is 5.75 Å². The number of rotatable bonds is 4. The molecule has 1 aromatic carbocycles. The Morgan fingerprint density at radius 2 is 1.95 bits per heavy atom. The van der Waals surface area contributed by atoms with Gasteiger partial charge in [-0.3, -0.25) is 0 Å². The topological polar surface area (TPSA) is 35.2 Å². The average Bonchev–Trinajstić information content (AvgIpc) is 2.83. The molecule has 2 atom stereocenters. The lowest BCUT2D eigenvalue weighted by Gasteiger charge is -2.19. The Morgan fingerprint density at radius 3 is 2.55 bits per heavy atom. The van der Waals surface area contributed by atoms with Crippen molar-refractivity contribution in [3.05, 3.63) is 28.2 Å². The van der Waals surface area contributed by atoms with E-state index in [2.05, 4.69) is 15.9 Å². The summed E-state index contributed by atoms with van der Waals surface area (Å²) < 4.78 is 43.6. The molecule has 2 N–H and O–H groups in total. The Labute approximate surface area is 124 Å². The third-order valence-electron chi connectivity index (χ3n) is 3.83. The summed E-state index contributed by atoms with van der Waals surface area (Å²) in [6, 6.07) is 3.44. The maximum atomic E-state index is 12.6. The van der Waals surface area contributed by atoms with Crippen LogP contribution in [0.4, 0.5) is 13.2 Å². The Kier molecular flexibility index (Phi) is 4.96. The molecule has 0 aromatic heterocycles. The normalized spacial score (nSPS) is 23.1. The van der Waals surface area contributed by atoms with E-state index in [1.54, 1.807) is 0 Å². The van der Waals surface area contributed by atoms with Crippen LogP contribution in [0.3, 0.4) is 0 Å². The summed E-state index contributed by atoms with van der Waals surface area (Å²) in [7, 11) is 0. The van der Waals surface area contributed by atoms with E-state index < -0.39 is 11.7 Å². The number of halogens is 4. The second kappa shape index (κ2) is 6.35. The molecular formula is C14H17BrF3NO. The van der Waals surface area contributed by atoms with Gasteiger partial charge in [0.25, 0.3) is 0 Å². The maximum absolute atomic E-state index is 12.6. The molecule has 2 nitrogen and oxygen atoms in total. The summed E-state index contributed by atoms with van der Waals surface area (Å²) in [4.78, 5) is 0. The Bertz CT molecular complexity index is 464. The Morgan fingerprint density at radius 1 is 1.25 bits per heavy atom. The van der Waals surface area contributed by atoms with Crippen molar-refractivity contribution in [3.63, 3.8) is 0 Å². The summed E-state index contributed by atoms with van der Waals surface area (Å²) in [5.41, 5.74) is 5.02. The van der Waals surface area contributed by atoms with Crippen LogP contribution in [0.5, 0.6) is 5.75 Å². The highest BCUT2D eigenvalue weighted by Gasteiger charge is 2.31. The van der Waals surface area contributed by atoms with Crippen molar-refractivity contribution in [3.8, 4) is 5.75 Å². The van der Waals surface area contributed by atoms with Crippen LogP contribution in [0.15, 0.2) is 22.7 Å². The fraction of sp³-hybridized carbons (Fsp3) is 0.571. The molecule has 1 aliphatic carbocycles. The fourth-order valence-electron chi connectivity index (χ4n) is 2.63. The number of nitrogens with two attached hydrogens (primary N) is 1. The van der Waals surface area contributed by atoms with Gasteiger partial charge >= 0.3 is 6.18 Å². The molecular weight excluding hydrogens is 335 g/mol. The molecule has 2 unspecified atom stereocenters. The van der Waals surface area contributed by atoms with Gasteiger partial charge in [-0.25, -0.2) is 0 Å². The van der Waals surface area contributed by atoms with Crippen molar-refractivity contribution in [2.45, 2.75) is 25.4 Å². The number of benzene rings is 1. The summed E-state index contributed by atoms with van der Waals surface area (Å²) in [6.45, 7) is 1.15. The van der Waals surface area contributed by atoms with E-state index in [4.69, 9.17) is 10.5 Å². The third-order valence-corrected chi connectivity index (χ3v) is 4.45. The van der Waals surface area contributed by atoms with Crippen molar-refractivity contribution in [1.82, 2.24) is 0 Å². The van der Waals surface area contributed by atoms with Gasteiger partial charge in [-0.15, -0.1) is 0 Å². The highest BCUT2D eigenvalue weighted by Crippen LogP contribution is 2.36. The third kappa shape index (κ3) is 3.67. The Hall–Kier alpha value is -0.750. The lowest BCUT2D eigenvalue weighted by atomic mass is 9.97. The molecule has 0 saturated heterocycles. The standard InChI is InChI=1S/C14H17BrF3NO/c15-12-6-11(14(16,17)18)4-5-13(12)20-8-10-3-1-2-9(10)7-19/h4-6,9-10H,1-3,7-8,19H2. The molecule has 2 rings (SSSR count). The van der Waals surface area contributed by atoms with Crippen LogP contribution in [0.1, 0.15) is 24.8 Å². The highest BCUT2D eigenvalue weighted by atomic mass is 79.9. The summed E-state index contributed by atoms with van der Waals surface area (Å²) >= 11 is 3.13. The fourth-order valence-corrected chi connectivity index (χ4v) is 3.13. The van der Waals surface area contributed by atoms with E-state index in [9.17, 15) is 13.2 Å². The molecule has 0 heterocycles. The van der Waals surface area contributed by atoms with Crippen molar-refractivity contribution >= 4 is 15.9 Å². The van der Waals surface area contributed by atoms with Crippen LogP contribution in [-0.2, 0) is 6.18 Å². The van der Waals surface area contributed by atoms with Gasteiger partial charge in [-0.1, -0.05) is 6.42 Å². The SMILES string of the molecule is NCC1CCCC1COc1ccc(C(F)(F)F)cc1Br. The zero-order chi connectivity index (χ0) is 14.8. The number of hydrogen-bond acceptors (Lipinski definition) is 2. The first-order chi connectivity index (χ1) is 9.41. The second-order valence-corrected chi connectivity index (χ2v) is 6.00. The smallest absolute Gasteiger partial charge is 0.416 e. The van der Waals surface area contributed by atoms with Gasteiger partial charge < -0.3 is 10.5 Å². The zero-order valence-corrected chi connectivity index (χ0v) is 12.5. The Balaban J connectivity index is 2.00. The van der Waals surface area contributed by atoms with Crippen molar-refractivity contribution in [2.24, 2.45) is 17.6 Å². The van der Waals surface area contributed by atoms with Crippen LogP contribution in [-0.4, -0.2) is 13.2 Å². The molecule has 1 fully saturated rings. The molecule has 0 radical (unpaired) electrons. The lowest BCUT2D eigenvalue weighted by Crippen LogP contribution is -2.23. The molecule has 1 aliphatic rings. The number of alkyl halides is 3. The van der Waals surface area contributed by atoms with E-state index in [0.29, 0.717) is 35.2 Å². The number of ether oxygens (including phenoxy) is 1. The highest BCUT2D eigenvalue weighted by molar-refractivity contribution is 9.10. The monoisotopic (exact) mass is 351 g/mol. The minimum absolute atomic E-state index is 0.328. The predicted octanol–water partition coefficient (Wildman–Crippen LogP) is 4.22. The van der Waals surface area contributed by atoms with Crippen LogP contribution in [0.2, 0.25) is 0 Å². The molecule has 0 amide bonds. The van der Waals surface area contributed by atoms with Crippen molar-refractivity contribution in [1.29, 1.82) is 0 Å². The first-order valence-corrected chi connectivity index (χ1v) is 7.40. The molecule has 0 bridgehead atoms. The summed E-state index contributed by atoms with van der Waals surface area (Å²) in [5, 5.41) is 0. The number of hydrogen-bond donors (Lipinski definition) is 1. The minimum atomic E-state index is -4.34. The predicted molar refractivity (Wildman–Crippen MR) is 74.5 cm³/mol. The van der Waals surface area contributed by atoms with Gasteiger partial charge in [-0.2, -0.15) is 13.2 Å². The van der Waals surface area contributed by atoms with Gasteiger partial charge in [-0.05, 0) is 65.4 Å². The second-order valence-electron chi connectivity index (χ2n) is 5.14. The van der Waals surface area contributed by atoms with E-state index in [1.807, 2.05) is 0 Å². The molecule has 0 spiro atoms. The van der Waals surface area contributed by atoms with Gasteiger partial charge in [0, 0.05) is 0 Å². The molecule has 0 aliphatic heterocycles. The first-order valence-electron chi connectivity index (χ1n) is 6.61. The van der Waals surface area contributed by atoms with Crippen LogP contribution >= 0.6 is 15.9 Å². The van der Waals surface area contributed by atoms with Crippen LogP contribution in [0.25, 0.3) is 0 Å². The largest absolute Gasteiger partial charge is 0.492 e. The van der Waals surface area contributed by atoms with E-state index in [0.717, 1.165) is 31.4 Å². The van der Waals surface area contributed by atoms with Gasteiger partial charge in [0.15, 0.2) is 0 Å². The quantitative estimate of drug-likeness (QED) is 0.881. The zero-order valence-electron chi connectivity index (χ0n) is 10.9. The molecule has 6 heteroatoms. The van der Waals surface area contributed by atoms with Crippen molar-refractivity contribution < 1.29 is 17.9 Å². The van der Waals surface area contributed by atoms with Gasteiger partial charge in [0.05, 0.1) is 16.6 Å². The summed E-state index contributed by atoms with van der Waals surface area (Å²) in [5.74, 6) is 1.30. The summed E-state index contributed by atoms with van der Waals surface area (Å²) in [6.07, 6.45) is -1.01. The van der Waals surface area contributed by atoms with Crippen molar-refractivity contribution in [2.75, 3.05) is 13.2 Å². The average molecular weight is 352 g/mol. The van der Waals surface area contributed by atoms with E-state index in [-0.39, 0.29) is 0 Å². The van der Waals surface area contributed by atoms with E-state index in [1.165, 1.54) is 6.07 Å².